The van der Waals surface area contributed by atoms with E-state index in [0.717, 1.165) is 29.6 Å². The van der Waals surface area contributed by atoms with Crippen molar-refractivity contribution in [2.75, 3.05) is 40.9 Å². The summed E-state index contributed by atoms with van der Waals surface area (Å²) >= 11 is 0. The van der Waals surface area contributed by atoms with Crippen LogP contribution in [-0.4, -0.2) is 57.7 Å². The molecule has 2 aromatic rings. The molecule has 0 bridgehead atoms. The number of nitrogens with one attached hydrogen (secondary N) is 2. The third-order valence-corrected chi connectivity index (χ3v) is 4.29. The molecule has 0 atom stereocenters. The predicted molar refractivity (Wildman–Crippen MR) is 116 cm³/mol. The number of methoxy groups -OCH3 is 2. The molecule has 2 N–H and O–H groups in total. The van der Waals surface area contributed by atoms with Crippen LogP contribution in [0.15, 0.2) is 53.5 Å². The van der Waals surface area contributed by atoms with Gasteiger partial charge < -0.3 is 25.0 Å². The smallest absolute Gasteiger partial charge is 0.251 e. The SMILES string of the molecule is CCNC(=NCCNC(=O)c1ccc(OC)cc1)N(C)Cc1ccc(OC)cc1. The van der Waals surface area contributed by atoms with Crippen LogP contribution in [-0.2, 0) is 6.54 Å². The summed E-state index contributed by atoms with van der Waals surface area (Å²) in [7, 11) is 5.24. The molecule has 0 heterocycles. The van der Waals surface area contributed by atoms with Crippen molar-refractivity contribution in [3.8, 4) is 11.5 Å². The molecule has 7 heteroatoms. The molecule has 0 saturated carbocycles. The Morgan fingerprint density at radius 1 is 0.966 bits per heavy atom. The molecule has 29 heavy (non-hydrogen) atoms. The maximum absolute atomic E-state index is 12.2. The van der Waals surface area contributed by atoms with E-state index in [2.05, 4.69) is 20.5 Å². The van der Waals surface area contributed by atoms with Crippen molar-refractivity contribution in [1.82, 2.24) is 15.5 Å². The molecule has 0 spiro atoms. The Labute approximate surface area is 172 Å². The van der Waals surface area contributed by atoms with Crippen molar-refractivity contribution in [2.45, 2.75) is 13.5 Å². The number of aliphatic imine (C=N–C) groups is 1. The van der Waals surface area contributed by atoms with Crippen molar-refractivity contribution in [3.05, 3.63) is 59.7 Å². The Morgan fingerprint density at radius 3 is 2.10 bits per heavy atom. The molecule has 0 saturated heterocycles. The third kappa shape index (κ3) is 7.03. The van der Waals surface area contributed by atoms with E-state index in [1.54, 1.807) is 38.5 Å². The van der Waals surface area contributed by atoms with Gasteiger partial charge in [0.1, 0.15) is 11.5 Å². The van der Waals surface area contributed by atoms with Crippen LogP contribution in [0, 0.1) is 0 Å². The molecule has 2 rings (SSSR count). The van der Waals surface area contributed by atoms with Gasteiger partial charge in [-0.25, -0.2) is 0 Å². The van der Waals surface area contributed by atoms with E-state index in [9.17, 15) is 4.79 Å². The van der Waals surface area contributed by atoms with Crippen LogP contribution in [0.25, 0.3) is 0 Å². The predicted octanol–water partition coefficient (Wildman–Crippen LogP) is 2.53. The molecule has 0 fully saturated rings. The highest BCUT2D eigenvalue weighted by atomic mass is 16.5. The second-order valence-electron chi connectivity index (χ2n) is 6.42. The second-order valence-corrected chi connectivity index (χ2v) is 6.42. The maximum Gasteiger partial charge on any atom is 0.251 e. The molecule has 0 aliphatic rings. The van der Waals surface area contributed by atoms with E-state index in [0.29, 0.717) is 25.2 Å². The van der Waals surface area contributed by atoms with Gasteiger partial charge in [0, 0.05) is 32.2 Å². The van der Waals surface area contributed by atoms with Gasteiger partial charge >= 0.3 is 0 Å². The van der Waals surface area contributed by atoms with Crippen LogP contribution in [0.1, 0.15) is 22.8 Å². The zero-order chi connectivity index (χ0) is 21.1. The van der Waals surface area contributed by atoms with Crippen LogP contribution < -0.4 is 20.1 Å². The first-order chi connectivity index (χ1) is 14.1. The summed E-state index contributed by atoms with van der Waals surface area (Å²) in [4.78, 5) is 18.9. The fourth-order valence-electron chi connectivity index (χ4n) is 2.73. The van der Waals surface area contributed by atoms with E-state index in [4.69, 9.17) is 9.47 Å². The van der Waals surface area contributed by atoms with Crippen molar-refractivity contribution >= 4 is 11.9 Å². The van der Waals surface area contributed by atoms with Gasteiger partial charge in [-0.2, -0.15) is 0 Å². The minimum atomic E-state index is -0.126. The van der Waals surface area contributed by atoms with Crippen LogP contribution >= 0.6 is 0 Å². The molecule has 156 valence electrons. The van der Waals surface area contributed by atoms with E-state index < -0.39 is 0 Å². The standard InChI is InChI=1S/C22H30N4O3/c1-5-23-22(26(2)16-17-6-10-19(28-3)11-7-17)25-15-14-24-21(27)18-8-12-20(29-4)13-9-18/h6-13H,5,14-16H2,1-4H3,(H,23,25)(H,24,27). The van der Waals surface area contributed by atoms with Gasteiger partial charge in [0.2, 0.25) is 0 Å². The Morgan fingerprint density at radius 2 is 1.55 bits per heavy atom. The summed E-state index contributed by atoms with van der Waals surface area (Å²) in [6, 6.07) is 15.0. The molecule has 1 amide bonds. The first-order valence-corrected chi connectivity index (χ1v) is 9.62. The zero-order valence-corrected chi connectivity index (χ0v) is 17.6. The quantitative estimate of drug-likeness (QED) is 0.386. The molecular formula is C22H30N4O3. The maximum atomic E-state index is 12.2. The molecule has 2 aromatic carbocycles. The Bertz CT molecular complexity index is 789. The van der Waals surface area contributed by atoms with Gasteiger partial charge in [0.05, 0.1) is 20.8 Å². The van der Waals surface area contributed by atoms with Gasteiger partial charge in [-0.05, 0) is 48.9 Å². The lowest BCUT2D eigenvalue weighted by Gasteiger charge is -2.22. The topological polar surface area (TPSA) is 75.2 Å². The number of hydrogen-bond acceptors (Lipinski definition) is 4. The average Bonchev–Trinajstić information content (AvgIpc) is 2.76. The number of benzene rings is 2. The van der Waals surface area contributed by atoms with Gasteiger partial charge in [-0.3, -0.25) is 9.79 Å². The number of guanidine groups is 1. The normalized spacial score (nSPS) is 11.0. The molecule has 0 aliphatic heterocycles. The van der Waals surface area contributed by atoms with Crippen molar-refractivity contribution in [3.63, 3.8) is 0 Å². The zero-order valence-electron chi connectivity index (χ0n) is 17.6. The summed E-state index contributed by atoms with van der Waals surface area (Å²) in [5, 5.41) is 6.17. The number of rotatable bonds is 9. The Balaban J connectivity index is 1.87. The number of hydrogen-bond donors (Lipinski definition) is 2. The number of amides is 1. The number of carbonyl (C=O) groups excluding carboxylic acids is 1. The minimum Gasteiger partial charge on any atom is -0.497 e. The second kappa shape index (κ2) is 11.6. The molecule has 0 aliphatic carbocycles. The van der Waals surface area contributed by atoms with Gasteiger partial charge in [0.25, 0.3) is 5.91 Å². The van der Waals surface area contributed by atoms with E-state index in [1.165, 1.54) is 0 Å². The van der Waals surface area contributed by atoms with Gasteiger partial charge in [0.15, 0.2) is 5.96 Å². The first kappa shape index (κ1) is 22.1. The van der Waals surface area contributed by atoms with Crippen LogP contribution in [0.5, 0.6) is 11.5 Å². The Hall–Kier alpha value is -3.22. The fourth-order valence-corrected chi connectivity index (χ4v) is 2.73. The summed E-state index contributed by atoms with van der Waals surface area (Å²) in [5.74, 6) is 2.23. The highest BCUT2D eigenvalue weighted by Gasteiger charge is 2.08. The van der Waals surface area contributed by atoms with Crippen molar-refractivity contribution in [1.29, 1.82) is 0 Å². The molecule has 0 aromatic heterocycles. The minimum absolute atomic E-state index is 0.126. The lowest BCUT2D eigenvalue weighted by molar-refractivity contribution is 0.0954. The van der Waals surface area contributed by atoms with Crippen molar-refractivity contribution in [2.24, 2.45) is 4.99 Å². The number of carbonyl (C=O) groups is 1. The largest absolute Gasteiger partial charge is 0.497 e. The summed E-state index contributed by atoms with van der Waals surface area (Å²) in [6.45, 7) is 4.45. The van der Waals surface area contributed by atoms with Crippen molar-refractivity contribution < 1.29 is 14.3 Å². The molecule has 7 nitrogen and oxygen atoms in total. The fraction of sp³-hybridized carbons (Fsp3) is 0.364. The van der Waals surface area contributed by atoms with Crippen LogP contribution in [0.3, 0.4) is 0 Å². The van der Waals surface area contributed by atoms with Crippen LogP contribution in [0.2, 0.25) is 0 Å². The summed E-state index contributed by atoms with van der Waals surface area (Å²) in [6.07, 6.45) is 0. The Kier molecular flexibility index (Phi) is 8.82. The summed E-state index contributed by atoms with van der Waals surface area (Å²) < 4.78 is 10.3. The lowest BCUT2D eigenvalue weighted by atomic mass is 10.2. The van der Waals surface area contributed by atoms with E-state index in [1.807, 2.05) is 38.2 Å². The highest BCUT2D eigenvalue weighted by Crippen LogP contribution is 2.13. The first-order valence-electron chi connectivity index (χ1n) is 9.62. The van der Waals surface area contributed by atoms with E-state index >= 15 is 0 Å². The highest BCUT2D eigenvalue weighted by molar-refractivity contribution is 5.94. The molecular weight excluding hydrogens is 368 g/mol. The molecule has 0 unspecified atom stereocenters. The number of ether oxygens (including phenoxy) is 2. The van der Waals surface area contributed by atoms with Gasteiger partial charge in [-0.1, -0.05) is 12.1 Å². The van der Waals surface area contributed by atoms with Gasteiger partial charge in [-0.15, -0.1) is 0 Å². The average molecular weight is 399 g/mol. The summed E-state index contributed by atoms with van der Waals surface area (Å²) in [5.41, 5.74) is 1.75. The van der Waals surface area contributed by atoms with Crippen LogP contribution in [0.4, 0.5) is 0 Å². The number of nitrogens with zero attached hydrogens (tertiary/aromatic N) is 2. The molecule has 0 radical (unpaired) electrons. The lowest BCUT2D eigenvalue weighted by Crippen LogP contribution is -2.39. The third-order valence-electron chi connectivity index (χ3n) is 4.29. The van der Waals surface area contributed by atoms with E-state index in [-0.39, 0.29) is 5.91 Å². The monoisotopic (exact) mass is 398 g/mol.